The summed E-state index contributed by atoms with van der Waals surface area (Å²) >= 11 is 0. The zero-order valence-corrected chi connectivity index (χ0v) is 19.5. The molecule has 1 N–H and O–H groups in total. The van der Waals surface area contributed by atoms with Gasteiger partial charge in [-0.15, -0.1) is 0 Å². The lowest BCUT2D eigenvalue weighted by Gasteiger charge is -2.26. The zero-order valence-electron chi connectivity index (χ0n) is 18.7. The van der Waals surface area contributed by atoms with Gasteiger partial charge in [-0.3, -0.25) is 9.10 Å². The van der Waals surface area contributed by atoms with Gasteiger partial charge in [-0.25, -0.2) is 8.42 Å². The molecule has 7 heteroatoms. The summed E-state index contributed by atoms with van der Waals surface area (Å²) in [6.07, 6.45) is 4.25. The number of ether oxygens (including phenoxy) is 1. The average molecular weight is 447 g/mol. The molecule has 0 aliphatic heterocycles. The van der Waals surface area contributed by atoms with Crippen LogP contribution in [-0.2, 0) is 14.8 Å². The highest BCUT2D eigenvalue weighted by atomic mass is 32.2. The van der Waals surface area contributed by atoms with Crippen LogP contribution in [0.5, 0.6) is 5.75 Å². The SMILES string of the molecule is CCCC[C@H](CC)CNC(=O)CN(c1ccccc1OCC)S(=O)(=O)c1ccccc1. The predicted molar refractivity (Wildman–Crippen MR) is 125 cm³/mol. The van der Waals surface area contributed by atoms with Crippen LogP contribution >= 0.6 is 0 Å². The summed E-state index contributed by atoms with van der Waals surface area (Å²) in [5, 5.41) is 2.93. The maximum atomic E-state index is 13.5. The van der Waals surface area contributed by atoms with Crippen LogP contribution in [0.2, 0.25) is 0 Å². The van der Waals surface area contributed by atoms with Crippen molar-refractivity contribution < 1.29 is 17.9 Å². The third-order valence-corrected chi connectivity index (χ3v) is 6.96. The number of unbranched alkanes of at least 4 members (excludes halogenated alkanes) is 1. The van der Waals surface area contributed by atoms with E-state index in [1.807, 2.05) is 6.92 Å². The first-order valence-corrected chi connectivity index (χ1v) is 12.4. The van der Waals surface area contributed by atoms with Crippen molar-refractivity contribution in [1.82, 2.24) is 5.32 Å². The fraction of sp³-hybridized carbons (Fsp3) is 0.458. The van der Waals surface area contributed by atoms with Crippen LogP contribution in [0.1, 0.15) is 46.5 Å². The Bertz CT molecular complexity index is 916. The van der Waals surface area contributed by atoms with Gasteiger partial charge in [0.05, 0.1) is 17.2 Å². The Morgan fingerprint density at radius 1 is 1.03 bits per heavy atom. The first kappa shape index (κ1) is 24.7. The molecule has 1 atom stereocenters. The number of para-hydroxylation sites is 2. The van der Waals surface area contributed by atoms with Crippen LogP contribution in [0.25, 0.3) is 0 Å². The number of hydrogen-bond donors (Lipinski definition) is 1. The van der Waals surface area contributed by atoms with Crippen LogP contribution in [0, 0.1) is 5.92 Å². The van der Waals surface area contributed by atoms with Gasteiger partial charge < -0.3 is 10.1 Å². The summed E-state index contributed by atoms with van der Waals surface area (Å²) in [6, 6.07) is 15.0. The van der Waals surface area contributed by atoms with Crippen LogP contribution in [0.3, 0.4) is 0 Å². The van der Waals surface area contributed by atoms with Crippen molar-refractivity contribution in [2.45, 2.75) is 51.3 Å². The summed E-state index contributed by atoms with van der Waals surface area (Å²) in [7, 11) is -3.96. The Hall–Kier alpha value is -2.54. The molecule has 170 valence electrons. The Balaban J connectivity index is 2.30. The number of benzene rings is 2. The van der Waals surface area contributed by atoms with E-state index in [1.54, 1.807) is 42.5 Å². The molecular weight excluding hydrogens is 412 g/mol. The fourth-order valence-electron chi connectivity index (χ4n) is 3.35. The van der Waals surface area contributed by atoms with Gasteiger partial charge in [0, 0.05) is 6.54 Å². The van der Waals surface area contributed by atoms with Crippen molar-refractivity contribution in [2.75, 3.05) is 24.0 Å². The molecule has 31 heavy (non-hydrogen) atoms. The molecule has 0 fully saturated rings. The van der Waals surface area contributed by atoms with Crippen molar-refractivity contribution >= 4 is 21.6 Å². The van der Waals surface area contributed by atoms with E-state index in [4.69, 9.17) is 4.74 Å². The molecule has 1 amide bonds. The van der Waals surface area contributed by atoms with Crippen molar-refractivity contribution in [3.05, 3.63) is 54.6 Å². The van der Waals surface area contributed by atoms with Gasteiger partial charge in [-0.2, -0.15) is 0 Å². The second kappa shape index (κ2) is 12.3. The number of rotatable bonds is 13. The number of sulfonamides is 1. The van der Waals surface area contributed by atoms with E-state index in [-0.39, 0.29) is 17.3 Å². The molecule has 0 saturated heterocycles. The normalized spacial score (nSPS) is 12.2. The Labute approximate surface area is 186 Å². The molecule has 6 nitrogen and oxygen atoms in total. The van der Waals surface area contributed by atoms with E-state index in [9.17, 15) is 13.2 Å². The molecule has 0 aromatic heterocycles. The maximum Gasteiger partial charge on any atom is 0.264 e. The van der Waals surface area contributed by atoms with Crippen LogP contribution in [0.15, 0.2) is 59.5 Å². The summed E-state index contributed by atoms with van der Waals surface area (Å²) in [5.41, 5.74) is 0.348. The molecule has 0 spiro atoms. The molecule has 0 heterocycles. The number of carbonyl (C=O) groups excluding carboxylic acids is 1. The molecular formula is C24H34N2O4S. The Morgan fingerprint density at radius 3 is 2.35 bits per heavy atom. The summed E-state index contributed by atoms with van der Waals surface area (Å²) in [6.45, 7) is 6.70. The number of carbonyl (C=O) groups is 1. The zero-order chi connectivity index (χ0) is 22.7. The highest BCUT2D eigenvalue weighted by Gasteiger charge is 2.29. The highest BCUT2D eigenvalue weighted by Crippen LogP contribution is 2.32. The van der Waals surface area contributed by atoms with Crippen LogP contribution in [0.4, 0.5) is 5.69 Å². The highest BCUT2D eigenvalue weighted by molar-refractivity contribution is 7.92. The van der Waals surface area contributed by atoms with Gasteiger partial charge in [0.1, 0.15) is 12.3 Å². The van der Waals surface area contributed by atoms with Gasteiger partial charge >= 0.3 is 0 Å². The lowest BCUT2D eigenvalue weighted by atomic mass is 9.99. The molecule has 0 radical (unpaired) electrons. The molecule has 0 aliphatic carbocycles. The second-order valence-electron chi connectivity index (χ2n) is 7.45. The minimum atomic E-state index is -3.96. The van der Waals surface area contributed by atoms with E-state index in [2.05, 4.69) is 19.2 Å². The number of hydrogen-bond acceptors (Lipinski definition) is 4. The van der Waals surface area contributed by atoms with Crippen molar-refractivity contribution in [2.24, 2.45) is 5.92 Å². The van der Waals surface area contributed by atoms with Gasteiger partial charge in [0.2, 0.25) is 5.91 Å². The van der Waals surface area contributed by atoms with Crippen LogP contribution < -0.4 is 14.4 Å². The van der Waals surface area contributed by atoms with Gasteiger partial charge in [-0.1, -0.05) is 63.4 Å². The molecule has 0 saturated carbocycles. The lowest BCUT2D eigenvalue weighted by Crippen LogP contribution is -2.42. The molecule has 0 bridgehead atoms. The van der Waals surface area contributed by atoms with Crippen LogP contribution in [-0.4, -0.2) is 34.0 Å². The summed E-state index contributed by atoms with van der Waals surface area (Å²) in [5.74, 6) is 0.478. The maximum absolute atomic E-state index is 13.5. The van der Waals surface area contributed by atoms with E-state index >= 15 is 0 Å². The topological polar surface area (TPSA) is 75.7 Å². The molecule has 2 rings (SSSR count). The molecule has 2 aromatic carbocycles. The van der Waals surface area contributed by atoms with E-state index in [1.165, 1.54) is 12.1 Å². The largest absolute Gasteiger partial charge is 0.492 e. The standard InChI is InChI=1S/C24H34N2O4S/c1-4-7-13-20(5-2)18-25-24(27)19-26(22-16-11-12-17-23(22)30-6-3)31(28,29)21-14-9-8-10-15-21/h8-12,14-17,20H,4-7,13,18-19H2,1-3H3,(H,25,27)/t20-/m0/s1. The van der Waals surface area contributed by atoms with E-state index in [0.29, 0.717) is 30.5 Å². The number of anilines is 1. The molecule has 0 aliphatic rings. The number of nitrogens with one attached hydrogen (secondary N) is 1. The number of nitrogens with zero attached hydrogens (tertiary/aromatic N) is 1. The molecule has 0 unspecified atom stereocenters. The smallest absolute Gasteiger partial charge is 0.264 e. The minimum Gasteiger partial charge on any atom is -0.492 e. The van der Waals surface area contributed by atoms with E-state index < -0.39 is 10.0 Å². The average Bonchev–Trinajstić information content (AvgIpc) is 2.79. The third kappa shape index (κ3) is 6.99. The van der Waals surface area contributed by atoms with Gasteiger partial charge in [0.25, 0.3) is 10.0 Å². The van der Waals surface area contributed by atoms with E-state index in [0.717, 1.165) is 30.0 Å². The Morgan fingerprint density at radius 2 is 1.71 bits per heavy atom. The minimum absolute atomic E-state index is 0.128. The van der Waals surface area contributed by atoms with Crippen molar-refractivity contribution in [3.63, 3.8) is 0 Å². The first-order chi connectivity index (χ1) is 14.9. The summed E-state index contributed by atoms with van der Waals surface area (Å²) in [4.78, 5) is 12.9. The van der Waals surface area contributed by atoms with Crippen molar-refractivity contribution in [3.8, 4) is 5.75 Å². The molecule has 2 aromatic rings. The third-order valence-electron chi connectivity index (χ3n) is 5.18. The van der Waals surface area contributed by atoms with Gasteiger partial charge in [-0.05, 0) is 43.5 Å². The predicted octanol–water partition coefficient (Wildman–Crippen LogP) is 4.61. The fourth-order valence-corrected chi connectivity index (χ4v) is 4.80. The number of amides is 1. The quantitative estimate of drug-likeness (QED) is 0.487. The summed E-state index contributed by atoms with van der Waals surface area (Å²) < 4.78 is 33.7. The van der Waals surface area contributed by atoms with Crippen molar-refractivity contribution in [1.29, 1.82) is 0 Å². The Kier molecular flexibility index (Phi) is 9.85. The monoisotopic (exact) mass is 446 g/mol. The first-order valence-electron chi connectivity index (χ1n) is 11.0. The second-order valence-corrected chi connectivity index (χ2v) is 9.31. The lowest BCUT2D eigenvalue weighted by molar-refractivity contribution is -0.119. The van der Waals surface area contributed by atoms with Gasteiger partial charge in [0.15, 0.2) is 0 Å².